The number of hydrogen-bond donors (Lipinski definition) is 3. The van der Waals surface area contributed by atoms with Crippen LogP contribution in [0.5, 0.6) is 0 Å². The van der Waals surface area contributed by atoms with E-state index in [-0.39, 0.29) is 17.2 Å². The number of primary amides is 1. The molecular weight excluding hydrogens is 246 g/mol. The van der Waals surface area contributed by atoms with Crippen molar-refractivity contribution in [2.75, 3.05) is 18.2 Å². The van der Waals surface area contributed by atoms with E-state index in [0.717, 1.165) is 0 Å². The lowest BCUT2D eigenvalue weighted by Crippen LogP contribution is -2.39. The van der Waals surface area contributed by atoms with E-state index in [1.165, 1.54) is 7.11 Å². The number of anilines is 2. The number of nitrogens with one attached hydrogen (secondary N) is 1. The molecule has 1 atom stereocenters. The first kappa shape index (κ1) is 14.8. The Bertz CT molecular complexity index is 486. The van der Waals surface area contributed by atoms with Crippen molar-refractivity contribution in [1.82, 2.24) is 0 Å². The Hall–Kier alpha value is -2.24. The molecule has 0 heterocycles. The molecule has 1 rings (SSSR count). The Balaban J connectivity index is 3.08. The Morgan fingerprint density at radius 3 is 2.42 bits per heavy atom. The minimum Gasteiger partial charge on any atom is -0.465 e. The number of esters is 1. The predicted octanol–water partition coefficient (Wildman–Crippen LogP) is 0.977. The molecule has 0 radical (unpaired) electrons. The molecule has 0 fully saturated rings. The molecule has 0 saturated heterocycles. The number of amides is 1. The summed E-state index contributed by atoms with van der Waals surface area (Å²) in [5, 5.41) is 2.96. The van der Waals surface area contributed by atoms with Crippen LogP contribution in [-0.4, -0.2) is 25.0 Å². The van der Waals surface area contributed by atoms with E-state index in [2.05, 4.69) is 10.1 Å². The van der Waals surface area contributed by atoms with Crippen LogP contribution in [-0.2, 0) is 9.53 Å². The van der Waals surface area contributed by atoms with Crippen molar-refractivity contribution in [1.29, 1.82) is 0 Å². The number of methoxy groups -OCH3 is 1. The van der Waals surface area contributed by atoms with Gasteiger partial charge in [-0.3, -0.25) is 4.79 Å². The van der Waals surface area contributed by atoms with Gasteiger partial charge in [0.2, 0.25) is 5.91 Å². The topological polar surface area (TPSA) is 107 Å². The lowest BCUT2D eigenvalue weighted by atomic mass is 10.0. The van der Waals surface area contributed by atoms with E-state index >= 15 is 0 Å². The molecular formula is C13H19N3O3. The maximum atomic E-state index is 11.5. The third-order valence-electron chi connectivity index (χ3n) is 2.80. The van der Waals surface area contributed by atoms with Crippen LogP contribution < -0.4 is 16.8 Å². The summed E-state index contributed by atoms with van der Waals surface area (Å²) in [5.74, 6) is -1.00. The molecule has 19 heavy (non-hydrogen) atoms. The van der Waals surface area contributed by atoms with E-state index in [4.69, 9.17) is 11.5 Å². The molecule has 5 N–H and O–H groups in total. The molecule has 0 aliphatic rings. The molecule has 1 unspecified atom stereocenters. The van der Waals surface area contributed by atoms with Crippen molar-refractivity contribution < 1.29 is 14.3 Å². The normalized spacial score (nSPS) is 12.0. The van der Waals surface area contributed by atoms with Crippen molar-refractivity contribution in [2.45, 2.75) is 19.9 Å². The number of nitrogens with two attached hydrogens (primary N) is 2. The van der Waals surface area contributed by atoms with Gasteiger partial charge in [0, 0.05) is 0 Å². The van der Waals surface area contributed by atoms with Gasteiger partial charge in [-0.2, -0.15) is 0 Å². The smallest absolute Gasteiger partial charge is 0.340 e. The maximum Gasteiger partial charge on any atom is 0.340 e. The van der Waals surface area contributed by atoms with Gasteiger partial charge in [-0.15, -0.1) is 0 Å². The zero-order chi connectivity index (χ0) is 14.6. The first-order valence-corrected chi connectivity index (χ1v) is 5.91. The first-order valence-electron chi connectivity index (χ1n) is 5.91. The summed E-state index contributed by atoms with van der Waals surface area (Å²) in [5.41, 5.74) is 12.2. The van der Waals surface area contributed by atoms with Gasteiger partial charge < -0.3 is 21.5 Å². The Morgan fingerprint density at radius 1 is 1.32 bits per heavy atom. The summed E-state index contributed by atoms with van der Waals surface area (Å²) < 4.78 is 4.63. The second-order valence-corrected chi connectivity index (χ2v) is 4.53. The number of nitrogen functional groups attached to an aromatic ring is 1. The second kappa shape index (κ2) is 6.08. The molecule has 6 heteroatoms. The zero-order valence-electron chi connectivity index (χ0n) is 11.3. The molecule has 0 aliphatic heterocycles. The van der Waals surface area contributed by atoms with Gasteiger partial charge in [-0.1, -0.05) is 19.9 Å². The number of para-hydroxylation sites is 1. The molecule has 104 valence electrons. The lowest BCUT2D eigenvalue weighted by Gasteiger charge is -2.21. The maximum absolute atomic E-state index is 11.5. The first-order chi connectivity index (χ1) is 8.88. The lowest BCUT2D eigenvalue weighted by molar-refractivity contribution is -0.119. The van der Waals surface area contributed by atoms with Gasteiger partial charge >= 0.3 is 5.97 Å². The highest BCUT2D eigenvalue weighted by atomic mass is 16.5. The van der Waals surface area contributed by atoms with Crippen molar-refractivity contribution >= 4 is 23.3 Å². The average molecular weight is 265 g/mol. The fourth-order valence-electron chi connectivity index (χ4n) is 1.71. The van der Waals surface area contributed by atoms with E-state index in [1.54, 1.807) is 18.2 Å². The van der Waals surface area contributed by atoms with Gasteiger partial charge in [-0.05, 0) is 18.1 Å². The van der Waals surface area contributed by atoms with E-state index in [1.807, 2.05) is 13.8 Å². The van der Waals surface area contributed by atoms with Gasteiger partial charge in [0.1, 0.15) is 6.04 Å². The number of ether oxygens (including phenoxy) is 1. The molecule has 6 nitrogen and oxygen atoms in total. The van der Waals surface area contributed by atoms with Crippen molar-refractivity contribution in [3.8, 4) is 0 Å². The minimum atomic E-state index is -0.560. The van der Waals surface area contributed by atoms with Gasteiger partial charge in [0.05, 0.1) is 24.0 Å². The standard InChI is InChI=1S/C13H19N3O3/c1-7(2)11(12(15)17)16-9-6-4-5-8(10(9)14)13(18)19-3/h4-7,11,16H,14H2,1-3H3,(H2,15,17). The second-order valence-electron chi connectivity index (χ2n) is 4.53. The van der Waals surface area contributed by atoms with Crippen molar-refractivity contribution in [3.63, 3.8) is 0 Å². The highest BCUT2D eigenvalue weighted by Crippen LogP contribution is 2.25. The van der Waals surface area contributed by atoms with Crippen LogP contribution in [0.15, 0.2) is 18.2 Å². The number of benzene rings is 1. The molecule has 1 amide bonds. The van der Waals surface area contributed by atoms with Crippen LogP contribution >= 0.6 is 0 Å². The average Bonchev–Trinajstić information content (AvgIpc) is 2.35. The van der Waals surface area contributed by atoms with Crippen LogP contribution in [0.3, 0.4) is 0 Å². The number of carbonyl (C=O) groups excluding carboxylic acids is 2. The summed E-state index contributed by atoms with van der Waals surface area (Å²) in [6.45, 7) is 3.73. The SMILES string of the molecule is COC(=O)c1cccc(NC(C(N)=O)C(C)C)c1N. The third-order valence-corrected chi connectivity index (χ3v) is 2.80. The molecule has 1 aromatic carbocycles. The van der Waals surface area contributed by atoms with Crippen LogP contribution in [0.1, 0.15) is 24.2 Å². The Morgan fingerprint density at radius 2 is 1.95 bits per heavy atom. The van der Waals surface area contributed by atoms with Crippen LogP contribution in [0.25, 0.3) is 0 Å². The third kappa shape index (κ3) is 3.37. The molecule has 0 saturated carbocycles. The van der Waals surface area contributed by atoms with Gasteiger partial charge in [-0.25, -0.2) is 4.79 Å². The molecule has 1 aromatic rings. The quantitative estimate of drug-likeness (QED) is 0.543. The largest absolute Gasteiger partial charge is 0.465 e. The number of hydrogen-bond acceptors (Lipinski definition) is 5. The monoisotopic (exact) mass is 265 g/mol. The molecule has 0 aromatic heterocycles. The van der Waals surface area contributed by atoms with Crippen LogP contribution in [0, 0.1) is 5.92 Å². The fourth-order valence-corrected chi connectivity index (χ4v) is 1.71. The highest BCUT2D eigenvalue weighted by molar-refractivity contribution is 5.98. The summed E-state index contributed by atoms with van der Waals surface area (Å²) in [7, 11) is 1.28. The Labute approximate surface area is 112 Å². The number of carbonyl (C=O) groups is 2. The summed E-state index contributed by atoms with van der Waals surface area (Å²) in [4.78, 5) is 22.9. The number of rotatable bonds is 5. The molecule has 0 bridgehead atoms. The van der Waals surface area contributed by atoms with Crippen LogP contribution in [0.2, 0.25) is 0 Å². The van der Waals surface area contributed by atoms with Crippen LogP contribution in [0.4, 0.5) is 11.4 Å². The molecule has 0 spiro atoms. The van der Waals surface area contributed by atoms with E-state index in [0.29, 0.717) is 5.69 Å². The predicted molar refractivity (Wildman–Crippen MR) is 73.6 cm³/mol. The van der Waals surface area contributed by atoms with Crippen molar-refractivity contribution in [3.05, 3.63) is 23.8 Å². The molecule has 0 aliphatic carbocycles. The van der Waals surface area contributed by atoms with Crippen molar-refractivity contribution in [2.24, 2.45) is 11.7 Å². The summed E-state index contributed by atoms with van der Waals surface area (Å²) >= 11 is 0. The van der Waals surface area contributed by atoms with Gasteiger partial charge in [0.25, 0.3) is 0 Å². The zero-order valence-corrected chi connectivity index (χ0v) is 11.3. The summed E-state index contributed by atoms with van der Waals surface area (Å²) in [6.07, 6.45) is 0. The minimum absolute atomic E-state index is 0.00122. The van der Waals surface area contributed by atoms with Gasteiger partial charge in [0.15, 0.2) is 0 Å². The highest BCUT2D eigenvalue weighted by Gasteiger charge is 2.21. The Kier molecular flexibility index (Phi) is 4.74. The van der Waals surface area contributed by atoms with E-state index < -0.39 is 17.9 Å². The fraction of sp³-hybridized carbons (Fsp3) is 0.385. The van der Waals surface area contributed by atoms with E-state index in [9.17, 15) is 9.59 Å². The summed E-state index contributed by atoms with van der Waals surface area (Å²) in [6, 6.07) is 4.33.